The molecule has 1 atom stereocenters. The van der Waals surface area contributed by atoms with Crippen molar-refractivity contribution in [2.45, 2.75) is 277 Å². The van der Waals surface area contributed by atoms with E-state index in [1.807, 2.05) is 0 Å². The number of hydrogen-bond donors (Lipinski definition) is 0. The third-order valence-electron chi connectivity index (χ3n) is 13.0. The van der Waals surface area contributed by atoms with E-state index in [1.54, 1.807) is 0 Å². The largest absolute Gasteiger partial charge is 0.462 e. The van der Waals surface area contributed by atoms with Gasteiger partial charge in [-0.3, -0.25) is 14.4 Å². The first-order valence-electron chi connectivity index (χ1n) is 31.8. The summed E-state index contributed by atoms with van der Waals surface area (Å²) in [6.45, 7) is 6.42. The molecule has 0 aromatic heterocycles. The van der Waals surface area contributed by atoms with E-state index in [1.165, 1.54) is 57.8 Å². The van der Waals surface area contributed by atoms with Gasteiger partial charge in [0.2, 0.25) is 0 Å². The maximum absolute atomic E-state index is 12.9. The molecule has 0 amide bonds. The molecule has 0 aromatic carbocycles. The van der Waals surface area contributed by atoms with Gasteiger partial charge in [0.25, 0.3) is 0 Å². The van der Waals surface area contributed by atoms with E-state index in [0.29, 0.717) is 19.3 Å². The van der Waals surface area contributed by atoms with E-state index in [0.717, 1.165) is 173 Å². The molecule has 0 radical (unpaired) electrons. The summed E-state index contributed by atoms with van der Waals surface area (Å²) in [7, 11) is 0. The predicted octanol–water partition coefficient (Wildman–Crippen LogP) is 21.9. The predicted molar refractivity (Wildman–Crippen MR) is 339 cm³/mol. The molecule has 0 saturated heterocycles. The van der Waals surface area contributed by atoms with Crippen molar-refractivity contribution in [1.29, 1.82) is 0 Å². The third-order valence-corrected chi connectivity index (χ3v) is 13.0. The Labute approximate surface area is 480 Å². The van der Waals surface area contributed by atoms with Crippen LogP contribution in [-0.2, 0) is 28.6 Å². The van der Waals surface area contributed by atoms with Crippen LogP contribution in [0.3, 0.4) is 0 Å². The molecule has 0 aliphatic rings. The highest BCUT2D eigenvalue weighted by atomic mass is 16.6. The normalized spacial score (nSPS) is 13.1. The highest BCUT2D eigenvalue weighted by Crippen LogP contribution is 2.14. The van der Waals surface area contributed by atoms with Crippen LogP contribution >= 0.6 is 0 Å². The smallest absolute Gasteiger partial charge is 0.306 e. The summed E-state index contributed by atoms with van der Waals surface area (Å²) in [5.41, 5.74) is 0. The zero-order valence-electron chi connectivity index (χ0n) is 50.4. The Morgan fingerprint density at radius 1 is 0.269 bits per heavy atom. The van der Waals surface area contributed by atoms with Crippen LogP contribution in [0, 0.1) is 0 Å². The Balaban J connectivity index is 4.45. The number of allylic oxidation sites excluding steroid dienone is 24. The van der Waals surface area contributed by atoms with E-state index in [2.05, 4.69) is 167 Å². The summed E-state index contributed by atoms with van der Waals surface area (Å²) in [6, 6.07) is 0. The molecule has 0 fully saturated rings. The van der Waals surface area contributed by atoms with Crippen LogP contribution in [0.15, 0.2) is 146 Å². The van der Waals surface area contributed by atoms with Crippen LogP contribution in [0.2, 0.25) is 0 Å². The van der Waals surface area contributed by atoms with Crippen LogP contribution in [0.1, 0.15) is 271 Å². The van der Waals surface area contributed by atoms with Gasteiger partial charge in [-0.2, -0.15) is 0 Å². The maximum Gasteiger partial charge on any atom is 0.306 e. The lowest BCUT2D eigenvalue weighted by Crippen LogP contribution is -2.30. The van der Waals surface area contributed by atoms with Crippen LogP contribution in [0.5, 0.6) is 0 Å². The molecule has 0 heterocycles. The fourth-order valence-electron chi connectivity index (χ4n) is 8.27. The lowest BCUT2D eigenvalue weighted by Gasteiger charge is -2.18. The summed E-state index contributed by atoms with van der Waals surface area (Å²) < 4.78 is 16.9. The molecule has 1 unspecified atom stereocenters. The molecule has 78 heavy (non-hydrogen) atoms. The monoisotopic (exact) mass is 1080 g/mol. The van der Waals surface area contributed by atoms with E-state index >= 15 is 0 Å². The second-order valence-electron chi connectivity index (χ2n) is 20.6. The third kappa shape index (κ3) is 62.1. The summed E-state index contributed by atoms with van der Waals surface area (Å²) in [5.74, 6) is -0.948. The number of unbranched alkanes of at least 4 members (excludes halogenated alkanes) is 21. The first kappa shape index (κ1) is 73.3. The summed E-state index contributed by atoms with van der Waals surface area (Å²) in [5, 5.41) is 0. The van der Waals surface area contributed by atoms with E-state index in [4.69, 9.17) is 14.2 Å². The van der Waals surface area contributed by atoms with Gasteiger partial charge in [0, 0.05) is 19.3 Å². The van der Waals surface area contributed by atoms with Crippen molar-refractivity contribution in [2.75, 3.05) is 13.2 Å². The minimum Gasteiger partial charge on any atom is -0.462 e. The Kier molecular flexibility index (Phi) is 60.9. The molecule has 440 valence electrons. The molecular formula is C72H116O6. The quantitative estimate of drug-likeness (QED) is 0.0261. The van der Waals surface area contributed by atoms with Crippen LogP contribution in [-0.4, -0.2) is 37.2 Å². The van der Waals surface area contributed by atoms with Gasteiger partial charge >= 0.3 is 17.9 Å². The number of hydrogen-bond acceptors (Lipinski definition) is 6. The average Bonchev–Trinajstić information content (AvgIpc) is 3.44. The topological polar surface area (TPSA) is 78.9 Å². The first-order valence-corrected chi connectivity index (χ1v) is 31.8. The molecule has 0 aliphatic carbocycles. The average molecular weight is 1080 g/mol. The molecule has 0 aliphatic heterocycles. The Hall–Kier alpha value is -4.71. The van der Waals surface area contributed by atoms with Crippen molar-refractivity contribution in [3.05, 3.63) is 146 Å². The molecule has 0 aromatic rings. The lowest BCUT2D eigenvalue weighted by molar-refractivity contribution is -0.167. The number of carbonyl (C=O) groups excluding carboxylic acids is 3. The van der Waals surface area contributed by atoms with Gasteiger partial charge in [-0.25, -0.2) is 0 Å². The zero-order chi connectivity index (χ0) is 56.4. The van der Waals surface area contributed by atoms with Crippen LogP contribution in [0.25, 0.3) is 0 Å². The number of rotatable bonds is 56. The molecule has 6 heteroatoms. The molecule has 0 N–H and O–H groups in total. The van der Waals surface area contributed by atoms with Gasteiger partial charge in [0.15, 0.2) is 6.10 Å². The number of ether oxygens (including phenoxy) is 3. The fourth-order valence-corrected chi connectivity index (χ4v) is 8.27. The molecule has 0 saturated carbocycles. The molecule has 0 spiro atoms. The van der Waals surface area contributed by atoms with E-state index in [9.17, 15) is 14.4 Å². The van der Waals surface area contributed by atoms with E-state index in [-0.39, 0.29) is 31.1 Å². The maximum atomic E-state index is 12.9. The molecule has 6 nitrogen and oxygen atoms in total. The standard InChI is InChI=1S/C72H116O6/c1-4-7-10-13-16-19-22-25-28-30-32-33-34-35-36-37-38-39-41-42-44-47-50-53-56-59-62-65-71(74)77-68-69(67-76-70(73)64-61-58-55-52-49-46-27-24-21-18-15-12-9-6-3)78-72(75)66-63-60-57-54-51-48-45-43-40-31-29-26-23-20-17-14-11-8-5-2/h7,10,15-20,24-29,32-33,35-36,38-40,42-44,69H,4-6,8-9,11-14,21-23,30-31,34,37,41,45-68H2,1-3H3/b10-7-,18-15-,19-16-,20-17-,27-24-,28-25-,29-26-,33-32-,36-35-,39-38-,43-40-,44-42-. The second kappa shape index (κ2) is 64.8. The Morgan fingerprint density at radius 3 is 0.821 bits per heavy atom. The minimum absolute atomic E-state index is 0.102. The fraction of sp³-hybridized carbons (Fsp3) is 0.625. The van der Waals surface area contributed by atoms with Gasteiger partial charge < -0.3 is 14.2 Å². The van der Waals surface area contributed by atoms with Crippen molar-refractivity contribution in [1.82, 2.24) is 0 Å². The van der Waals surface area contributed by atoms with Crippen molar-refractivity contribution >= 4 is 17.9 Å². The molecule has 0 bridgehead atoms. The Morgan fingerprint density at radius 2 is 0.513 bits per heavy atom. The SMILES string of the molecule is CC/C=C\C/C=C\C/C=C\C/C=C\C/C=C\C/C=C\C/C=C\CCCCCCCC(=O)OCC(COC(=O)CCCCCCC/C=C\C/C=C\CCCC)OC(=O)CCCCCCCC/C=C\C/C=C\C/C=C\CCCCC. The van der Waals surface area contributed by atoms with Crippen molar-refractivity contribution in [3.8, 4) is 0 Å². The van der Waals surface area contributed by atoms with Crippen molar-refractivity contribution in [2.24, 2.45) is 0 Å². The van der Waals surface area contributed by atoms with Gasteiger partial charge in [-0.15, -0.1) is 0 Å². The molecule has 0 rings (SSSR count). The number of esters is 3. The lowest BCUT2D eigenvalue weighted by atomic mass is 10.1. The van der Waals surface area contributed by atoms with Crippen molar-refractivity contribution < 1.29 is 28.6 Å². The van der Waals surface area contributed by atoms with E-state index < -0.39 is 6.10 Å². The van der Waals surface area contributed by atoms with Crippen LogP contribution < -0.4 is 0 Å². The second-order valence-corrected chi connectivity index (χ2v) is 20.6. The minimum atomic E-state index is -0.807. The summed E-state index contributed by atoms with van der Waals surface area (Å²) in [4.78, 5) is 38.3. The van der Waals surface area contributed by atoms with Gasteiger partial charge in [0.1, 0.15) is 13.2 Å². The molecular weight excluding hydrogens is 961 g/mol. The number of carbonyl (C=O) groups is 3. The highest BCUT2D eigenvalue weighted by molar-refractivity contribution is 5.71. The van der Waals surface area contributed by atoms with Crippen LogP contribution in [0.4, 0.5) is 0 Å². The summed E-state index contributed by atoms with van der Waals surface area (Å²) in [6.07, 6.45) is 92.7. The van der Waals surface area contributed by atoms with Gasteiger partial charge in [0.05, 0.1) is 0 Å². The highest BCUT2D eigenvalue weighted by Gasteiger charge is 2.19. The zero-order valence-corrected chi connectivity index (χ0v) is 50.4. The first-order chi connectivity index (χ1) is 38.5. The van der Waals surface area contributed by atoms with Gasteiger partial charge in [-0.05, 0) is 141 Å². The van der Waals surface area contributed by atoms with Crippen molar-refractivity contribution in [3.63, 3.8) is 0 Å². The Bertz CT molecular complexity index is 1710. The summed E-state index contributed by atoms with van der Waals surface area (Å²) >= 11 is 0. The van der Waals surface area contributed by atoms with Gasteiger partial charge in [-0.1, -0.05) is 256 Å².